The van der Waals surface area contributed by atoms with Crippen LogP contribution < -0.4 is 11.3 Å². The monoisotopic (exact) mass is 282 g/mol. The van der Waals surface area contributed by atoms with E-state index >= 15 is 0 Å². The maximum Gasteiger partial charge on any atom is 0.152 e. The molecule has 0 bridgehead atoms. The van der Waals surface area contributed by atoms with Gasteiger partial charge < -0.3 is 9.15 Å². The van der Waals surface area contributed by atoms with Gasteiger partial charge in [0, 0.05) is 12.0 Å². The van der Waals surface area contributed by atoms with Crippen molar-refractivity contribution >= 4 is 22.6 Å². The Balaban J connectivity index is 2.44. The van der Waals surface area contributed by atoms with Crippen molar-refractivity contribution in [1.29, 1.82) is 0 Å². The summed E-state index contributed by atoms with van der Waals surface area (Å²) in [7, 11) is 0. The Labute approximate surface area is 117 Å². The smallest absolute Gasteiger partial charge is 0.152 e. The van der Waals surface area contributed by atoms with Crippen molar-refractivity contribution in [3.8, 4) is 0 Å². The second-order valence-corrected chi connectivity index (χ2v) is 5.35. The van der Waals surface area contributed by atoms with Gasteiger partial charge in [0.15, 0.2) is 5.58 Å². The van der Waals surface area contributed by atoms with Crippen LogP contribution in [0.5, 0.6) is 0 Å². The summed E-state index contributed by atoms with van der Waals surface area (Å²) >= 11 is 6.12. The maximum atomic E-state index is 6.12. The minimum Gasteiger partial charge on any atom is -0.458 e. The second kappa shape index (κ2) is 5.51. The van der Waals surface area contributed by atoms with Gasteiger partial charge in [-0.2, -0.15) is 0 Å². The first kappa shape index (κ1) is 14.3. The Bertz CT molecular complexity index is 566. The molecule has 0 spiro atoms. The van der Waals surface area contributed by atoms with E-state index in [0.717, 1.165) is 5.39 Å². The molecule has 1 aromatic heterocycles. The zero-order valence-corrected chi connectivity index (χ0v) is 12.1. The highest BCUT2D eigenvalue weighted by molar-refractivity contribution is 6.34. The lowest BCUT2D eigenvalue weighted by molar-refractivity contribution is -0.0437. The van der Waals surface area contributed by atoms with Crippen molar-refractivity contribution in [3.63, 3.8) is 0 Å². The fraction of sp³-hybridized carbons (Fsp3) is 0.429. The number of nitrogens with two attached hydrogens (primary N) is 1. The van der Waals surface area contributed by atoms with E-state index in [0.29, 0.717) is 23.0 Å². The molecule has 1 unspecified atom stereocenters. The molecule has 1 aromatic carbocycles. The molecule has 0 saturated heterocycles. The Hall–Kier alpha value is -1.07. The summed E-state index contributed by atoms with van der Waals surface area (Å²) in [5.74, 6) is 6.37. The molecule has 1 heterocycles. The fourth-order valence-corrected chi connectivity index (χ4v) is 2.49. The average Bonchev–Trinajstić information content (AvgIpc) is 2.74. The van der Waals surface area contributed by atoms with Crippen LogP contribution >= 0.6 is 11.6 Å². The summed E-state index contributed by atoms with van der Waals surface area (Å²) in [5, 5.41) is 1.55. The molecule has 1 atom stereocenters. The van der Waals surface area contributed by atoms with E-state index in [1.165, 1.54) is 0 Å². The van der Waals surface area contributed by atoms with Crippen LogP contribution in [-0.2, 0) is 4.74 Å². The van der Waals surface area contributed by atoms with E-state index in [2.05, 4.69) is 5.43 Å². The van der Waals surface area contributed by atoms with Gasteiger partial charge in [-0.3, -0.25) is 5.84 Å². The molecule has 0 saturated carbocycles. The first-order valence-electron chi connectivity index (χ1n) is 6.27. The molecule has 0 radical (unpaired) electrons. The van der Waals surface area contributed by atoms with Gasteiger partial charge in [-0.15, -0.1) is 0 Å². The van der Waals surface area contributed by atoms with Crippen molar-refractivity contribution in [2.24, 2.45) is 5.84 Å². The molecule has 2 rings (SSSR count). The van der Waals surface area contributed by atoms with E-state index in [9.17, 15) is 0 Å². The van der Waals surface area contributed by atoms with Gasteiger partial charge in [0.25, 0.3) is 0 Å². The molecule has 0 aliphatic rings. The Morgan fingerprint density at radius 3 is 2.79 bits per heavy atom. The van der Waals surface area contributed by atoms with Crippen LogP contribution in [-0.4, -0.2) is 12.2 Å². The zero-order valence-electron chi connectivity index (χ0n) is 11.4. The quantitative estimate of drug-likeness (QED) is 0.652. The summed E-state index contributed by atoms with van der Waals surface area (Å²) in [5.41, 5.74) is 2.95. The van der Waals surface area contributed by atoms with Crippen LogP contribution in [0.2, 0.25) is 5.02 Å². The predicted octanol–water partition coefficient (Wildman–Crippen LogP) is 3.41. The number of benzene rings is 1. The summed E-state index contributed by atoms with van der Waals surface area (Å²) in [4.78, 5) is 0. The lowest BCUT2D eigenvalue weighted by Crippen LogP contribution is -2.44. The molecule has 5 heteroatoms. The van der Waals surface area contributed by atoms with E-state index in [1.807, 2.05) is 39.0 Å². The van der Waals surface area contributed by atoms with Gasteiger partial charge in [-0.05, 0) is 32.9 Å². The summed E-state index contributed by atoms with van der Waals surface area (Å²) in [6.45, 7) is 6.49. The number of hydrogen-bond donors (Lipinski definition) is 2. The molecule has 19 heavy (non-hydrogen) atoms. The topological polar surface area (TPSA) is 60.4 Å². The minimum absolute atomic E-state index is 0.254. The van der Waals surface area contributed by atoms with Crippen molar-refractivity contribution < 1.29 is 9.15 Å². The highest BCUT2D eigenvalue weighted by atomic mass is 35.5. The number of fused-ring (bicyclic) bond motifs is 1. The van der Waals surface area contributed by atoms with Gasteiger partial charge in [0.05, 0.1) is 10.6 Å². The van der Waals surface area contributed by atoms with E-state index in [-0.39, 0.29) is 6.04 Å². The highest BCUT2D eigenvalue weighted by Gasteiger charge is 2.33. The zero-order chi connectivity index (χ0) is 14.0. The van der Waals surface area contributed by atoms with E-state index in [4.69, 9.17) is 26.6 Å². The van der Waals surface area contributed by atoms with Gasteiger partial charge in [0.1, 0.15) is 11.8 Å². The van der Waals surface area contributed by atoms with E-state index < -0.39 is 5.60 Å². The van der Waals surface area contributed by atoms with E-state index in [1.54, 1.807) is 6.07 Å². The summed E-state index contributed by atoms with van der Waals surface area (Å²) in [6.07, 6.45) is 0. The van der Waals surface area contributed by atoms with Crippen LogP contribution in [0.1, 0.15) is 32.6 Å². The molecule has 0 aliphatic heterocycles. The average molecular weight is 283 g/mol. The van der Waals surface area contributed by atoms with Crippen LogP contribution in [0, 0.1) is 0 Å². The normalized spacial score (nSPS) is 13.9. The second-order valence-electron chi connectivity index (χ2n) is 4.94. The predicted molar refractivity (Wildman–Crippen MR) is 77.0 cm³/mol. The lowest BCUT2D eigenvalue weighted by atomic mass is 9.96. The molecule has 4 nitrogen and oxygen atoms in total. The molecule has 0 fully saturated rings. The molecular weight excluding hydrogens is 264 g/mol. The van der Waals surface area contributed by atoms with Gasteiger partial charge in [-0.25, -0.2) is 5.43 Å². The molecule has 2 aromatic rings. The number of nitrogens with one attached hydrogen (secondary N) is 1. The van der Waals surface area contributed by atoms with Gasteiger partial charge in [0.2, 0.25) is 0 Å². The molecule has 0 amide bonds. The number of furan rings is 1. The third-order valence-corrected chi connectivity index (χ3v) is 3.48. The Morgan fingerprint density at radius 2 is 2.21 bits per heavy atom. The van der Waals surface area contributed by atoms with Crippen molar-refractivity contribution in [3.05, 3.63) is 35.0 Å². The van der Waals surface area contributed by atoms with Crippen molar-refractivity contribution in [1.82, 2.24) is 5.43 Å². The maximum absolute atomic E-state index is 6.12. The van der Waals surface area contributed by atoms with Crippen LogP contribution in [0.3, 0.4) is 0 Å². The Kier molecular flexibility index (Phi) is 4.16. The number of hydrazine groups is 1. The van der Waals surface area contributed by atoms with Gasteiger partial charge in [-0.1, -0.05) is 23.7 Å². The third kappa shape index (κ3) is 2.77. The molecule has 104 valence electrons. The molecule has 0 aliphatic carbocycles. The minimum atomic E-state index is -0.482. The van der Waals surface area contributed by atoms with Gasteiger partial charge >= 0.3 is 0 Å². The van der Waals surface area contributed by atoms with Crippen LogP contribution in [0.25, 0.3) is 11.0 Å². The summed E-state index contributed by atoms with van der Waals surface area (Å²) in [6, 6.07) is 7.33. The molecule has 3 N–H and O–H groups in total. The SMILES string of the molecule is CCOC(C)(C)C(NN)c1cc2cccc(Cl)c2o1. The fourth-order valence-electron chi connectivity index (χ4n) is 2.27. The highest BCUT2D eigenvalue weighted by Crippen LogP contribution is 2.34. The lowest BCUT2D eigenvalue weighted by Gasteiger charge is -2.32. The van der Waals surface area contributed by atoms with Crippen LogP contribution in [0.4, 0.5) is 0 Å². The molecular formula is C14H19ClN2O2. The van der Waals surface area contributed by atoms with Crippen molar-refractivity contribution in [2.45, 2.75) is 32.4 Å². The number of hydrogen-bond acceptors (Lipinski definition) is 4. The third-order valence-electron chi connectivity index (χ3n) is 3.18. The standard InChI is InChI=1S/C14H19ClN2O2/c1-4-18-14(2,3)13(17-16)11-8-9-6-5-7-10(15)12(9)19-11/h5-8,13,17H,4,16H2,1-3H3. The Morgan fingerprint density at radius 1 is 1.47 bits per heavy atom. The van der Waals surface area contributed by atoms with Crippen molar-refractivity contribution in [2.75, 3.05) is 6.61 Å². The number of rotatable bonds is 5. The number of halogens is 1. The summed E-state index contributed by atoms with van der Waals surface area (Å²) < 4.78 is 11.6. The largest absolute Gasteiger partial charge is 0.458 e. The first-order valence-corrected chi connectivity index (χ1v) is 6.65. The first-order chi connectivity index (χ1) is 8.99. The number of ether oxygens (including phenoxy) is 1. The van der Waals surface area contributed by atoms with Crippen LogP contribution in [0.15, 0.2) is 28.7 Å². The number of para-hydroxylation sites is 1.